The number of hydrogen-bond donors (Lipinski definition) is 2. The van der Waals surface area contributed by atoms with Crippen LogP contribution in [0.3, 0.4) is 0 Å². The molecular formula is C16H20N4. The molecule has 4 nitrogen and oxygen atoms in total. The number of nitrogens with one attached hydrogen (secondary N) is 1. The normalized spacial score (nSPS) is 11.4. The van der Waals surface area contributed by atoms with Gasteiger partial charge in [0.25, 0.3) is 0 Å². The Hall–Kier alpha value is -2.07. The molecule has 3 aromatic rings. The van der Waals surface area contributed by atoms with E-state index >= 15 is 0 Å². The second kappa shape index (κ2) is 4.80. The van der Waals surface area contributed by atoms with Gasteiger partial charge in [-0.05, 0) is 26.5 Å². The smallest absolute Gasteiger partial charge is 0.108 e. The summed E-state index contributed by atoms with van der Waals surface area (Å²) < 4.78 is 2.22. The molecule has 0 aliphatic rings. The molecular weight excluding hydrogens is 248 g/mol. The van der Waals surface area contributed by atoms with Crippen LogP contribution in [0.2, 0.25) is 0 Å². The van der Waals surface area contributed by atoms with E-state index in [1.807, 2.05) is 0 Å². The van der Waals surface area contributed by atoms with E-state index in [1.165, 1.54) is 22.2 Å². The lowest BCUT2D eigenvalue weighted by molar-refractivity contribution is 0.891. The third-order valence-electron chi connectivity index (χ3n) is 3.95. The summed E-state index contributed by atoms with van der Waals surface area (Å²) in [6, 6.07) is 8.46. The summed E-state index contributed by atoms with van der Waals surface area (Å²) in [5.41, 5.74) is 11.5. The monoisotopic (exact) mass is 268 g/mol. The van der Waals surface area contributed by atoms with Crippen LogP contribution in [0.15, 0.2) is 24.3 Å². The van der Waals surface area contributed by atoms with Crippen LogP contribution in [0.25, 0.3) is 22.2 Å². The minimum absolute atomic E-state index is 0.612. The first-order valence-electron chi connectivity index (χ1n) is 6.93. The molecule has 3 rings (SSSR count). The topological polar surface area (TPSA) is 59.6 Å². The summed E-state index contributed by atoms with van der Waals surface area (Å²) in [5, 5.41) is 1.25. The van der Waals surface area contributed by atoms with E-state index in [4.69, 9.17) is 10.7 Å². The Bertz CT molecular complexity index is 764. The Morgan fingerprint density at radius 3 is 2.75 bits per heavy atom. The van der Waals surface area contributed by atoms with Gasteiger partial charge in [0.15, 0.2) is 0 Å². The van der Waals surface area contributed by atoms with E-state index in [0.29, 0.717) is 6.54 Å². The van der Waals surface area contributed by atoms with Crippen LogP contribution in [0.4, 0.5) is 0 Å². The predicted octanol–water partition coefficient (Wildman–Crippen LogP) is 2.69. The van der Waals surface area contributed by atoms with E-state index in [1.54, 1.807) is 0 Å². The molecule has 0 aliphatic carbocycles. The lowest BCUT2D eigenvalue weighted by atomic mass is 10.1. The molecule has 0 bridgehead atoms. The number of H-pyrrole nitrogens is 1. The van der Waals surface area contributed by atoms with Gasteiger partial charge in [-0.2, -0.15) is 0 Å². The summed E-state index contributed by atoms with van der Waals surface area (Å²) in [7, 11) is 2.10. The highest BCUT2D eigenvalue weighted by Gasteiger charge is 2.17. The zero-order valence-corrected chi connectivity index (χ0v) is 12.2. The number of aryl methyl sites for hydroxylation is 2. The van der Waals surface area contributed by atoms with Crippen molar-refractivity contribution in [2.45, 2.75) is 20.3 Å². The second-order valence-corrected chi connectivity index (χ2v) is 5.23. The van der Waals surface area contributed by atoms with Gasteiger partial charge in [0.1, 0.15) is 5.82 Å². The Morgan fingerprint density at radius 1 is 1.25 bits per heavy atom. The quantitative estimate of drug-likeness (QED) is 0.767. The molecule has 0 spiro atoms. The van der Waals surface area contributed by atoms with Crippen molar-refractivity contribution in [2.75, 3.05) is 6.54 Å². The summed E-state index contributed by atoms with van der Waals surface area (Å²) in [6.07, 6.45) is 0.782. The summed E-state index contributed by atoms with van der Waals surface area (Å²) in [6.45, 7) is 4.83. The number of benzene rings is 1. The lowest BCUT2D eigenvalue weighted by Gasteiger charge is -2.00. The van der Waals surface area contributed by atoms with E-state index in [9.17, 15) is 0 Å². The maximum Gasteiger partial charge on any atom is 0.108 e. The molecule has 0 atom stereocenters. The van der Waals surface area contributed by atoms with Gasteiger partial charge in [-0.15, -0.1) is 0 Å². The van der Waals surface area contributed by atoms with Gasteiger partial charge >= 0.3 is 0 Å². The highest BCUT2D eigenvalue weighted by atomic mass is 15.0. The molecule has 0 aliphatic heterocycles. The van der Waals surface area contributed by atoms with E-state index in [2.05, 4.69) is 54.7 Å². The van der Waals surface area contributed by atoms with E-state index < -0.39 is 0 Å². The Morgan fingerprint density at radius 2 is 2.00 bits per heavy atom. The van der Waals surface area contributed by atoms with Gasteiger partial charge in [-0.25, -0.2) is 4.98 Å². The third-order valence-corrected chi connectivity index (χ3v) is 3.95. The van der Waals surface area contributed by atoms with Crippen molar-refractivity contribution < 1.29 is 0 Å². The van der Waals surface area contributed by atoms with Crippen LogP contribution in [0.5, 0.6) is 0 Å². The van der Waals surface area contributed by atoms with Crippen molar-refractivity contribution in [3.8, 4) is 11.3 Å². The number of aromatic nitrogens is 3. The molecule has 0 saturated carbocycles. The molecule has 4 heteroatoms. The first kappa shape index (κ1) is 12.9. The van der Waals surface area contributed by atoms with Gasteiger partial charge in [-0.3, -0.25) is 0 Å². The number of fused-ring (bicyclic) bond motifs is 1. The van der Waals surface area contributed by atoms with Crippen LogP contribution >= 0.6 is 0 Å². The number of para-hydroxylation sites is 1. The van der Waals surface area contributed by atoms with Crippen molar-refractivity contribution >= 4 is 10.9 Å². The highest BCUT2D eigenvalue weighted by molar-refractivity contribution is 5.97. The number of nitrogens with zero attached hydrogens (tertiary/aromatic N) is 2. The largest absolute Gasteiger partial charge is 0.347 e. The van der Waals surface area contributed by atoms with Crippen LogP contribution in [0.1, 0.15) is 17.2 Å². The summed E-state index contributed by atoms with van der Waals surface area (Å²) >= 11 is 0. The van der Waals surface area contributed by atoms with Gasteiger partial charge in [0.2, 0.25) is 0 Å². The molecule has 20 heavy (non-hydrogen) atoms. The Labute approximate surface area is 118 Å². The fraction of sp³-hybridized carbons (Fsp3) is 0.312. The molecule has 2 aromatic heterocycles. The van der Waals surface area contributed by atoms with E-state index in [-0.39, 0.29) is 0 Å². The van der Waals surface area contributed by atoms with Gasteiger partial charge in [0, 0.05) is 41.3 Å². The van der Waals surface area contributed by atoms with Crippen LogP contribution in [-0.2, 0) is 13.5 Å². The fourth-order valence-corrected chi connectivity index (χ4v) is 2.84. The SMILES string of the molecule is Cc1[nH]c(CCN)nc1-c1c(C)n(C)c2ccccc12. The van der Waals surface area contributed by atoms with Crippen molar-refractivity contribution in [3.63, 3.8) is 0 Å². The van der Waals surface area contributed by atoms with Crippen LogP contribution in [-0.4, -0.2) is 21.1 Å². The molecule has 0 radical (unpaired) electrons. The Balaban J connectivity index is 2.27. The van der Waals surface area contributed by atoms with Crippen molar-refractivity contribution in [1.82, 2.24) is 14.5 Å². The van der Waals surface area contributed by atoms with Crippen LogP contribution in [0, 0.1) is 13.8 Å². The van der Waals surface area contributed by atoms with Gasteiger partial charge in [0.05, 0.1) is 5.69 Å². The first-order valence-corrected chi connectivity index (χ1v) is 6.93. The summed E-state index contributed by atoms with van der Waals surface area (Å²) in [5.74, 6) is 0.965. The van der Waals surface area contributed by atoms with E-state index in [0.717, 1.165) is 23.6 Å². The molecule has 3 N–H and O–H groups in total. The van der Waals surface area contributed by atoms with Gasteiger partial charge < -0.3 is 15.3 Å². The second-order valence-electron chi connectivity index (χ2n) is 5.23. The zero-order valence-electron chi connectivity index (χ0n) is 12.2. The molecule has 0 amide bonds. The molecule has 0 unspecified atom stereocenters. The maximum absolute atomic E-state index is 5.62. The zero-order chi connectivity index (χ0) is 14.3. The molecule has 0 fully saturated rings. The van der Waals surface area contributed by atoms with Crippen molar-refractivity contribution in [1.29, 1.82) is 0 Å². The molecule has 2 heterocycles. The number of hydrogen-bond acceptors (Lipinski definition) is 2. The molecule has 104 valence electrons. The lowest BCUT2D eigenvalue weighted by Crippen LogP contribution is -2.03. The molecule has 1 aromatic carbocycles. The predicted molar refractivity (Wildman–Crippen MR) is 82.7 cm³/mol. The van der Waals surface area contributed by atoms with Gasteiger partial charge in [-0.1, -0.05) is 18.2 Å². The minimum atomic E-state index is 0.612. The number of aromatic amines is 1. The fourth-order valence-electron chi connectivity index (χ4n) is 2.84. The van der Waals surface area contributed by atoms with Crippen molar-refractivity contribution in [3.05, 3.63) is 41.5 Å². The minimum Gasteiger partial charge on any atom is -0.347 e. The number of imidazole rings is 1. The third kappa shape index (κ3) is 1.84. The Kier molecular flexibility index (Phi) is 3.10. The number of rotatable bonds is 3. The first-order chi connectivity index (χ1) is 9.63. The number of nitrogens with two attached hydrogens (primary N) is 1. The average molecular weight is 268 g/mol. The summed E-state index contributed by atoms with van der Waals surface area (Å²) in [4.78, 5) is 8.09. The maximum atomic E-state index is 5.62. The standard InChI is InChI=1S/C16H20N4/c1-10-16(19-14(18-10)8-9-17)15-11(2)20(3)13-7-5-4-6-12(13)15/h4-7H,8-9,17H2,1-3H3,(H,18,19). The highest BCUT2D eigenvalue weighted by Crippen LogP contribution is 2.34. The average Bonchev–Trinajstić information content (AvgIpc) is 2.91. The van der Waals surface area contributed by atoms with Crippen LogP contribution < -0.4 is 5.73 Å². The molecule has 0 saturated heterocycles. The van der Waals surface area contributed by atoms with Crippen molar-refractivity contribution in [2.24, 2.45) is 12.8 Å².